The van der Waals surface area contributed by atoms with Crippen LogP contribution in [0.3, 0.4) is 0 Å². The van der Waals surface area contributed by atoms with Gasteiger partial charge in [0, 0.05) is 4.47 Å². The van der Waals surface area contributed by atoms with Crippen LogP contribution in [-0.2, 0) is 6.42 Å². The molecule has 2 aromatic carbocycles. The highest BCUT2D eigenvalue weighted by Crippen LogP contribution is 2.27. The fourth-order valence-electron chi connectivity index (χ4n) is 2.15. The third-order valence-electron chi connectivity index (χ3n) is 3.32. The van der Waals surface area contributed by atoms with Gasteiger partial charge < -0.3 is 5.73 Å². The van der Waals surface area contributed by atoms with Crippen LogP contribution in [0.4, 0.5) is 0 Å². The molecule has 1 unspecified atom stereocenters. The van der Waals surface area contributed by atoms with Crippen molar-refractivity contribution in [3.63, 3.8) is 0 Å². The lowest BCUT2D eigenvalue weighted by Gasteiger charge is -2.09. The van der Waals surface area contributed by atoms with Gasteiger partial charge in [-0.2, -0.15) is 0 Å². The van der Waals surface area contributed by atoms with Crippen molar-refractivity contribution >= 4 is 37.5 Å². The molecule has 102 valence electrons. The van der Waals surface area contributed by atoms with Gasteiger partial charge in [0.05, 0.1) is 16.3 Å². The molecule has 0 saturated heterocycles. The molecule has 0 fully saturated rings. The normalized spacial score (nSPS) is 12.8. The summed E-state index contributed by atoms with van der Waals surface area (Å²) in [6.07, 6.45) is 0.804. The molecule has 0 spiro atoms. The third-order valence-corrected chi connectivity index (χ3v) is 5.34. The summed E-state index contributed by atoms with van der Waals surface area (Å²) in [5.41, 5.74) is 9.82. The topological polar surface area (TPSA) is 38.9 Å². The molecule has 20 heavy (non-hydrogen) atoms. The van der Waals surface area contributed by atoms with E-state index in [1.54, 1.807) is 11.3 Å². The largest absolute Gasteiger partial charge is 0.322 e. The second-order valence-corrected chi connectivity index (χ2v) is 6.83. The average Bonchev–Trinajstić information content (AvgIpc) is 2.87. The van der Waals surface area contributed by atoms with E-state index in [4.69, 9.17) is 5.73 Å². The highest BCUT2D eigenvalue weighted by Gasteiger charge is 2.13. The maximum absolute atomic E-state index is 6.31. The van der Waals surface area contributed by atoms with Gasteiger partial charge in [-0.15, -0.1) is 11.3 Å². The van der Waals surface area contributed by atoms with E-state index in [2.05, 4.69) is 52.1 Å². The van der Waals surface area contributed by atoms with Crippen LogP contribution in [0, 0.1) is 6.92 Å². The van der Waals surface area contributed by atoms with Gasteiger partial charge in [0.1, 0.15) is 5.01 Å². The first-order chi connectivity index (χ1) is 9.63. The summed E-state index contributed by atoms with van der Waals surface area (Å²) in [4.78, 5) is 4.63. The van der Waals surface area contributed by atoms with E-state index in [1.807, 2.05) is 18.2 Å². The Hall–Kier alpha value is -1.23. The van der Waals surface area contributed by atoms with Gasteiger partial charge in [0.25, 0.3) is 0 Å². The number of halogens is 1. The molecular formula is C16H15BrN2S. The van der Waals surface area contributed by atoms with Gasteiger partial charge >= 0.3 is 0 Å². The molecule has 0 aliphatic carbocycles. The number of para-hydroxylation sites is 1. The number of aryl methyl sites for hydroxylation is 1. The number of nitrogens with zero attached hydrogens (tertiary/aromatic N) is 1. The summed E-state index contributed by atoms with van der Waals surface area (Å²) < 4.78 is 2.33. The molecule has 0 radical (unpaired) electrons. The molecular weight excluding hydrogens is 332 g/mol. The Kier molecular flexibility index (Phi) is 3.87. The van der Waals surface area contributed by atoms with E-state index in [1.165, 1.54) is 15.8 Å². The molecule has 2 N–H and O–H groups in total. The second kappa shape index (κ2) is 5.64. The summed E-state index contributed by atoms with van der Waals surface area (Å²) in [6.45, 7) is 2.08. The van der Waals surface area contributed by atoms with Crippen LogP contribution < -0.4 is 5.73 Å². The third kappa shape index (κ3) is 2.77. The van der Waals surface area contributed by atoms with Crippen LogP contribution in [0.15, 0.2) is 46.9 Å². The Balaban J connectivity index is 1.84. The van der Waals surface area contributed by atoms with Crippen molar-refractivity contribution in [2.75, 3.05) is 0 Å². The Bertz CT molecular complexity index is 718. The number of fused-ring (bicyclic) bond motifs is 1. The fourth-order valence-corrected chi connectivity index (χ4v) is 3.55. The zero-order valence-corrected chi connectivity index (χ0v) is 13.5. The zero-order chi connectivity index (χ0) is 14.1. The maximum Gasteiger partial charge on any atom is 0.111 e. The molecule has 0 amide bonds. The van der Waals surface area contributed by atoms with E-state index < -0.39 is 0 Å². The van der Waals surface area contributed by atoms with Crippen molar-refractivity contribution in [3.8, 4) is 0 Å². The quantitative estimate of drug-likeness (QED) is 0.751. The van der Waals surface area contributed by atoms with Gasteiger partial charge in [-0.3, -0.25) is 0 Å². The molecule has 0 aliphatic heterocycles. The van der Waals surface area contributed by atoms with Crippen molar-refractivity contribution in [3.05, 3.63) is 63.1 Å². The van der Waals surface area contributed by atoms with Gasteiger partial charge in [-0.05, 0) is 42.7 Å². The van der Waals surface area contributed by atoms with Crippen LogP contribution in [0.25, 0.3) is 10.2 Å². The van der Waals surface area contributed by atoms with Crippen LogP contribution in [0.1, 0.15) is 22.2 Å². The molecule has 0 bridgehead atoms. The molecule has 0 aliphatic rings. The molecule has 2 nitrogen and oxygen atoms in total. The standard InChI is InChI=1S/C16H15BrN2S/c1-10-6-7-11(8-12(10)17)9-13(18)16-19-14-4-2-3-5-15(14)20-16/h2-8,13H,9,18H2,1H3. The van der Waals surface area contributed by atoms with E-state index in [0.717, 1.165) is 21.4 Å². The predicted octanol–water partition coefficient (Wildman–Crippen LogP) is 4.61. The Morgan fingerprint density at radius 3 is 2.80 bits per heavy atom. The first kappa shape index (κ1) is 13.7. The number of aromatic nitrogens is 1. The average molecular weight is 347 g/mol. The minimum absolute atomic E-state index is 0.0537. The van der Waals surface area contributed by atoms with Crippen molar-refractivity contribution in [2.45, 2.75) is 19.4 Å². The number of benzene rings is 2. The highest BCUT2D eigenvalue weighted by atomic mass is 79.9. The molecule has 3 rings (SSSR count). The van der Waals surface area contributed by atoms with Crippen LogP contribution in [0.5, 0.6) is 0 Å². The van der Waals surface area contributed by atoms with E-state index >= 15 is 0 Å². The molecule has 1 aromatic heterocycles. The van der Waals surface area contributed by atoms with E-state index in [0.29, 0.717) is 0 Å². The van der Waals surface area contributed by atoms with Gasteiger partial charge in [0.2, 0.25) is 0 Å². The van der Waals surface area contributed by atoms with Crippen molar-refractivity contribution < 1.29 is 0 Å². The van der Waals surface area contributed by atoms with Gasteiger partial charge in [-0.25, -0.2) is 4.98 Å². The van der Waals surface area contributed by atoms with E-state index in [9.17, 15) is 0 Å². The number of thiazole rings is 1. The predicted molar refractivity (Wildman–Crippen MR) is 89.1 cm³/mol. The first-order valence-corrected chi connectivity index (χ1v) is 8.10. The highest BCUT2D eigenvalue weighted by molar-refractivity contribution is 9.10. The summed E-state index contributed by atoms with van der Waals surface area (Å²) in [5, 5.41) is 1.00. The van der Waals surface area contributed by atoms with E-state index in [-0.39, 0.29) is 6.04 Å². The molecule has 1 atom stereocenters. The summed E-state index contributed by atoms with van der Waals surface area (Å²) in [6, 6.07) is 14.5. The smallest absolute Gasteiger partial charge is 0.111 e. The lowest BCUT2D eigenvalue weighted by Crippen LogP contribution is -2.13. The van der Waals surface area contributed by atoms with Crippen molar-refractivity contribution in [2.24, 2.45) is 5.73 Å². The SMILES string of the molecule is Cc1ccc(CC(N)c2nc3ccccc3s2)cc1Br. The first-order valence-electron chi connectivity index (χ1n) is 6.49. The Morgan fingerprint density at radius 1 is 1.25 bits per heavy atom. The second-order valence-electron chi connectivity index (χ2n) is 4.91. The number of nitrogens with two attached hydrogens (primary N) is 1. The minimum Gasteiger partial charge on any atom is -0.322 e. The summed E-state index contributed by atoms with van der Waals surface area (Å²) in [5.74, 6) is 0. The Morgan fingerprint density at radius 2 is 2.05 bits per heavy atom. The Labute approximate surface area is 130 Å². The molecule has 3 aromatic rings. The summed E-state index contributed by atoms with van der Waals surface area (Å²) in [7, 11) is 0. The van der Waals surface area contributed by atoms with Gasteiger partial charge in [0.15, 0.2) is 0 Å². The minimum atomic E-state index is -0.0537. The lowest BCUT2D eigenvalue weighted by atomic mass is 10.1. The lowest BCUT2D eigenvalue weighted by molar-refractivity contribution is 0.717. The maximum atomic E-state index is 6.31. The van der Waals surface area contributed by atoms with Crippen molar-refractivity contribution in [1.29, 1.82) is 0 Å². The van der Waals surface area contributed by atoms with Gasteiger partial charge in [-0.1, -0.05) is 40.2 Å². The fraction of sp³-hybridized carbons (Fsp3) is 0.188. The van der Waals surface area contributed by atoms with Crippen LogP contribution >= 0.6 is 27.3 Å². The molecule has 1 heterocycles. The van der Waals surface area contributed by atoms with Crippen molar-refractivity contribution in [1.82, 2.24) is 4.98 Å². The number of rotatable bonds is 3. The molecule has 0 saturated carbocycles. The summed E-state index contributed by atoms with van der Waals surface area (Å²) >= 11 is 5.25. The monoisotopic (exact) mass is 346 g/mol. The number of hydrogen-bond acceptors (Lipinski definition) is 3. The molecule has 4 heteroatoms. The van der Waals surface area contributed by atoms with Crippen LogP contribution in [0.2, 0.25) is 0 Å². The zero-order valence-electron chi connectivity index (χ0n) is 11.1. The number of hydrogen-bond donors (Lipinski definition) is 1. The van der Waals surface area contributed by atoms with Crippen LogP contribution in [-0.4, -0.2) is 4.98 Å².